The van der Waals surface area contributed by atoms with Gasteiger partial charge in [0.1, 0.15) is 28.7 Å². The van der Waals surface area contributed by atoms with Crippen LogP contribution < -0.4 is 5.32 Å². The van der Waals surface area contributed by atoms with Crippen LogP contribution in [-0.4, -0.2) is 93.2 Å². The first-order valence-corrected chi connectivity index (χ1v) is 15.8. The van der Waals surface area contributed by atoms with Gasteiger partial charge in [-0.05, 0) is 49.6 Å². The van der Waals surface area contributed by atoms with Crippen molar-refractivity contribution in [3.8, 4) is 6.07 Å². The number of carbonyl (C=O) groups is 1. The normalized spacial score (nSPS) is 18.1. The van der Waals surface area contributed by atoms with Crippen molar-refractivity contribution >= 4 is 44.7 Å². The van der Waals surface area contributed by atoms with Crippen LogP contribution in [0.25, 0.3) is 21.1 Å². The fourth-order valence-electron chi connectivity index (χ4n) is 6.36. The monoisotopic (exact) mass is 624 g/mol. The maximum Gasteiger partial charge on any atom is 0.393 e. The molecule has 5 heterocycles. The fraction of sp³-hybridized carbons (Fsp3) is 0.484. The van der Waals surface area contributed by atoms with Gasteiger partial charge >= 0.3 is 6.18 Å². The highest BCUT2D eigenvalue weighted by molar-refractivity contribution is 7.18. The predicted octanol–water partition coefficient (Wildman–Crippen LogP) is 4.86. The second-order valence-corrected chi connectivity index (χ2v) is 12.9. The van der Waals surface area contributed by atoms with E-state index in [4.69, 9.17) is 0 Å². The smallest absolute Gasteiger partial charge is 0.367 e. The molecule has 0 saturated carbocycles. The number of aromatic nitrogens is 3. The molecule has 2 fully saturated rings. The molecule has 0 radical (unpaired) electrons. The van der Waals surface area contributed by atoms with Crippen molar-refractivity contribution in [2.45, 2.75) is 57.5 Å². The summed E-state index contributed by atoms with van der Waals surface area (Å²) in [6.45, 7) is 8.57. The Morgan fingerprint density at radius 2 is 1.89 bits per heavy atom. The summed E-state index contributed by atoms with van der Waals surface area (Å²) in [6, 6.07) is 12.8. The number of alkyl halides is 3. The van der Waals surface area contributed by atoms with Gasteiger partial charge in [0.15, 0.2) is 0 Å². The summed E-state index contributed by atoms with van der Waals surface area (Å²) in [5.74, 6) is 0.596. The Kier molecular flexibility index (Phi) is 8.75. The molecule has 4 aromatic rings. The van der Waals surface area contributed by atoms with Crippen LogP contribution in [0, 0.1) is 11.3 Å². The average Bonchev–Trinajstić information content (AvgIpc) is 3.57. The predicted molar refractivity (Wildman–Crippen MR) is 164 cm³/mol. The van der Waals surface area contributed by atoms with E-state index in [1.807, 2.05) is 6.07 Å². The number of halogens is 3. The van der Waals surface area contributed by atoms with Gasteiger partial charge in [0.05, 0.1) is 11.8 Å². The molecule has 6 rings (SSSR count). The number of nitriles is 1. The number of amides is 1. The molecule has 1 N–H and O–H groups in total. The number of rotatable bonds is 9. The highest BCUT2D eigenvalue weighted by Crippen LogP contribution is 2.33. The number of thiophene rings is 1. The van der Waals surface area contributed by atoms with Crippen molar-refractivity contribution in [1.29, 1.82) is 5.26 Å². The number of nitrogens with zero attached hydrogens (tertiary/aromatic N) is 7. The number of likely N-dealkylation sites (tertiary alicyclic amines) is 1. The molecular weight excluding hydrogens is 589 g/mol. The van der Waals surface area contributed by atoms with Crippen LogP contribution in [0.1, 0.15) is 35.9 Å². The highest BCUT2D eigenvalue weighted by Gasteiger charge is 2.29. The average molecular weight is 625 g/mol. The van der Waals surface area contributed by atoms with E-state index >= 15 is 0 Å². The van der Waals surface area contributed by atoms with E-state index in [2.05, 4.69) is 60.8 Å². The number of nitrogens with one attached hydrogen (secondary N) is 1. The van der Waals surface area contributed by atoms with E-state index in [1.54, 1.807) is 11.0 Å². The summed E-state index contributed by atoms with van der Waals surface area (Å²) in [5.41, 5.74) is 2.89. The zero-order valence-corrected chi connectivity index (χ0v) is 25.4. The third kappa shape index (κ3) is 6.82. The lowest BCUT2D eigenvalue weighted by Crippen LogP contribution is -2.50. The molecule has 1 atom stereocenters. The van der Waals surface area contributed by atoms with Gasteiger partial charge < -0.3 is 14.8 Å². The number of hydrogen-bond donors (Lipinski definition) is 1. The molecular formula is C31H35F3N8OS. The van der Waals surface area contributed by atoms with Crippen molar-refractivity contribution in [3.63, 3.8) is 0 Å². The van der Waals surface area contributed by atoms with Gasteiger partial charge in [0, 0.05) is 80.2 Å². The summed E-state index contributed by atoms with van der Waals surface area (Å²) in [4.78, 5) is 27.0. The molecule has 0 spiro atoms. The van der Waals surface area contributed by atoms with Crippen LogP contribution in [0.2, 0.25) is 0 Å². The third-order valence-electron chi connectivity index (χ3n) is 8.74. The molecule has 2 saturated heterocycles. The fourth-order valence-corrected chi connectivity index (χ4v) is 7.39. The Balaban J connectivity index is 1.06. The number of piperidine rings is 1. The minimum Gasteiger partial charge on any atom is -0.367 e. The van der Waals surface area contributed by atoms with Crippen LogP contribution in [0.15, 0.2) is 36.7 Å². The van der Waals surface area contributed by atoms with E-state index in [9.17, 15) is 23.2 Å². The minimum absolute atomic E-state index is 0.174. The number of benzene rings is 1. The van der Waals surface area contributed by atoms with Gasteiger partial charge in [-0.2, -0.15) is 18.4 Å². The summed E-state index contributed by atoms with van der Waals surface area (Å²) < 4.78 is 40.8. The minimum atomic E-state index is -4.25. The van der Waals surface area contributed by atoms with Gasteiger partial charge in [-0.25, -0.2) is 9.97 Å². The number of anilines is 1. The van der Waals surface area contributed by atoms with Gasteiger partial charge in [-0.1, -0.05) is 6.07 Å². The van der Waals surface area contributed by atoms with Crippen LogP contribution in [0.3, 0.4) is 0 Å². The number of hydrogen-bond acceptors (Lipinski definition) is 8. The van der Waals surface area contributed by atoms with Crippen molar-refractivity contribution in [3.05, 3.63) is 52.8 Å². The lowest BCUT2D eigenvalue weighted by Gasteiger charge is -2.36. The van der Waals surface area contributed by atoms with Crippen molar-refractivity contribution in [1.82, 2.24) is 29.2 Å². The first kappa shape index (κ1) is 30.3. The first-order chi connectivity index (χ1) is 21.2. The summed E-state index contributed by atoms with van der Waals surface area (Å²) in [7, 11) is 0. The van der Waals surface area contributed by atoms with Crippen LogP contribution in [-0.2, 0) is 24.3 Å². The molecule has 0 aliphatic carbocycles. The Labute approximate surface area is 257 Å². The zero-order valence-electron chi connectivity index (χ0n) is 24.6. The van der Waals surface area contributed by atoms with E-state index < -0.39 is 12.6 Å². The lowest BCUT2D eigenvalue weighted by atomic mass is 10.0. The van der Waals surface area contributed by atoms with E-state index in [1.165, 1.54) is 11.9 Å². The second-order valence-electron chi connectivity index (χ2n) is 11.8. The quantitative estimate of drug-likeness (QED) is 0.266. The molecule has 0 unspecified atom stereocenters. The molecule has 13 heteroatoms. The maximum atomic E-state index is 12.9. The summed E-state index contributed by atoms with van der Waals surface area (Å²) >= 11 is 1.06. The van der Waals surface area contributed by atoms with Crippen LogP contribution >= 0.6 is 11.3 Å². The third-order valence-corrected chi connectivity index (χ3v) is 9.78. The van der Waals surface area contributed by atoms with E-state index in [0.717, 1.165) is 87.3 Å². The molecule has 2 aliphatic heterocycles. The molecule has 1 amide bonds. The van der Waals surface area contributed by atoms with Crippen LogP contribution in [0.5, 0.6) is 0 Å². The molecule has 9 nitrogen and oxygen atoms in total. The largest absolute Gasteiger partial charge is 0.393 e. The van der Waals surface area contributed by atoms with Gasteiger partial charge in [-0.3, -0.25) is 14.6 Å². The molecule has 1 aromatic carbocycles. The maximum absolute atomic E-state index is 12.9. The molecule has 44 heavy (non-hydrogen) atoms. The van der Waals surface area contributed by atoms with Gasteiger partial charge in [0.2, 0.25) is 6.41 Å². The Bertz CT molecular complexity index is 1660. The summed E-state index contributed by atoms with van der Waals surface area (Å²) in [6.07, 6.45) is -1.11. The van der Waals surface area contributed by atoms with Crippen molar-refractivity contribution in [2.75, 3.05) is 44.6 Å². The first-order valence-electron chi connectivity index (χ1n) is 14.9. The molecule has 0 bridgehead atoms. The molecule has 232 valence electrons. The second kappa shape index (κ2) is 12.7. The Morgan fingerprint density at radius 3 is 2.59 bits per heavy atom. The highest BCUT2D eigenvalue weighted by atomic mass is 32.1. The van der Waals surface area contributed by atoms with Crippen molar-refractivity contribution < 1.29 is 18.0 Å². The van der Waals surface area contributed by atoms with E-state index in [-0.39, 0.29) is 17.0 Å². The summed E-state index contributed by atoms with van der Waals surface area (Å²) in [5, 5.41) is 15.0. The number of fused-ring (bicyclic) bond motifs is 2. The Hall–Kier alpha value is -3.73. The number of carbonyl (C=O) groups excluding carboxylic acids is 1. The standard InChI is InChI=1S/C31H35F3N8OS/c1-21(41-10-8-40(20-43)9-11-41)17-42-25(16-35)13-23-12-22(2-3-28(23)42)18-39-6-4-24(5-7-39)38-29-27-14-26(15-31(32,33)34)44-30(27)37-19-36-29/h2-3,12-14,19-21,24H,4-11,15,17-18H2,1H3,(H,36,37,38)/t21-/m0/s1. The van der Waals surface area contributed by atoms with Gasteiger partial charge in [-0.15, -0.1) is 11.3 Å². The SMILES string of the molecule is C[C@@H](Cn1c(C#N)cc2cc(CN3CCC(Nc4ncnc5sc(CC(F)(F)F)cc45)CC3)ccc21)N1CCN(C=O)CC1. The Morgan fingerprint density at radius 1 is 1.11 bits per heavy atom. The van der Waals surface area contributed by atoms with Crippen LogP contribution in [0.4, 0.5) is 19.0 Å². The zero-order chi connectivity index (χ0) is 30.8. The topological polar surface area (TPSA) is 93.3 Å². The van der Waals surface area contributed by atoms with Crippen molar-refractivity contribution in [2.24, 2.45) is 0 Å². The molecule has 3 aromatic heterocycles. The van der Waals surface area contributed by atoms with Gasteiger partial charge in [0.25, 0.3) is 0 Å². The molecule has 2 aliphatic rings. The lowest BCUT2D eigenvalue weighted by molar-refractivity contribution is -0.126. The van der Waals surface area contributed by atoms with E-state index in [0.29, 0.717) is 28.3 Å². The number of piperazine rings is 1.